The van der Waals surface area contributed by atoms with Gasteiger partial charge in [-0.15, -0.1) is 0 Å². The Balaban J connectivity index is 1.83. The molecular weight excluding hydrogens is 309 g/mol. The van der Waals surface area contributed by atoms with E-state index in [2.05, 4.69) is 40.2 Å². The molecule has 1 saturated heterocycles. The van der Waals surface area contributed by atoms with Crippen LogP contribution in [0.25, 0.3) is 0 Å². The first-order chi connectivity index (χ1) is 11.2. The fourth-order valence-electron chi connectivity index (χ4n) is 3.23. The number of thiocarbonyl (C=S) groups is 1. The third-order valence-electron chi connectivity index (χ3n) is 4.45. The number of hydrogen-bond donors (Lipinski definition) is 1. The van der Waals surface area contributed by atoms with Gasteiger partial charge < -0.3 is 14.8 Å². The summed E-state index contributed by atoms with van der Waals surface area (Å²) in [4.78, 5) is 2.21. The van der Waals surface area contributed by atoms with Crippen LogP contribution in [0.2, 0.25) is 0 Å². The first-order valence-electron chi connectivity index (χ1n) is 8.10. The monoisotopic (exact) mass is 331 g/mol. The van der Waals surface area contributed by atoms with E-state index in [9.17, 15) is 4.39 Å². The summed E-state index contributed by atoms with van der Waals surface area (Å²) in [7, 11) is 2.06. The van der Waals surface area contributed by atoms with Gasteiger partial charge in [-0.2, -0.15) is 0 Å². The van der Waals surface area contributed by atoms with Gasteiger partial charge >= 0.3 is 0 Å². The lowest BCUT2D eigenvalue weighted by Gasteiger charge is -2.33. The lowest BCUT2D eigenvalue weighted by Crippen LogP contribution is -2.38. The van der Waals surface area contributed by atoms with E-state index in [1.54, 1.807) is 12.1 Å². The molecule has 3 nitrogen and oxygen atoms in total. The number of aryl methyl sites for hydroxylation is 1. The van der Waals surface area contributed by atoms with Gasteiger partial charge in [-0.1, -0.05) is 25.0 Å². The summed E-state index contributed by atoms with van der Waals surface area (Å²) in [6.07, 6.45) is 6.64. The minimum atomic E-state index is -0.278. The Morgan fingerprint density at radius 1 is 1.17 bits per heavy atom. The number of anilines is 1. The molecule has 0 radical (unpaired) electrons. The van der Waals surface area contributed by atoms with Crippen molar-refractivity contribution in [1.29, 1.82) is 0 Å². The summed E-state index contributed by atoms with van der Waals surface area (Å²) in [6.45, 7) is 0.899. The maximum Gasteiger partial charge on any atom is 0.174 e. The van der Waals surface area contributed by atoms with Gasteiger partial charge in [-0.25, -0.2) is 4.39 Å². The van der Waals surface area contributed by atoms with Gasteiger partial charge in [0.15, 0.2) is 5.11 Å². The van der Waals surface area contributed by atoms with Crippen LogP contribution in [0.15, 0.2) is 42.6 Å². The molecule has 122 valence electrons. The maximum absolute atomic E-state index is 13.9. The lowest BCUT2D eigenvalue weighted by molar-refractivity contribution is 0.314. The quantitative estimate of drug-likeness (QED) is 0.820. The molecule has 0 aliphatic carbocycles. The van der Waals surface area contributed by atoms with Gasteiger partial charge in [-0.05, 0) is 49.3 Å². The molecule has 0 unspecified atom stereocenters. The van der Waals surface area contributed by atoms with Crippen molar-refractivity contribution in [2.75, 3.05) is 11.9 Å². The fourth-order valence-corrected chi connectivity index (χ4v) is 3.56. The standard InChI is InChI=1S/C18H22FN3S/c1-21-12-7-11-16(21)17-10-3-2-6-13-22(17)18(23)20-15-9-5-4-8-14(15)19/h4-5,7-9,11-12,17H,2-3,6,10,13H2,1H3,(H,20,23)/t17-/m0/s1. The Kier molecular flexibility index (Phi) is 4.96. The zero-order valence-electron chi connectivity index (χ0n) is 13.3. The summed E-state index contributed by atoms with van der Waals surface area (Å²) in [5.74, 6) is -0.278. The zero-order valence-corrected chi connectivity index (χ0v) is 14.2. The largest absolute Gasteiger partial charge is 0.353 e. The molecule has 1 N–H and O–H groups in total. The highest BCUT2D eigenvalue weighted by Gasteiger charge is 2.26. The van der Waals surface area contributed by atoms with Crippen molar-refractivity contribution in [1.82, 2.24) is 9.47 Å². The third-order valence-corrected chi connectivity index (χ3v) is 4.79. The van der Waals surface area contributed by atoms with E-state index in [0.717, 1.165) is 19.4 Å². The zero-order chi connectivity index (χ0) is 16.2. The van der Waals surface area contributed by atoms with Gasteiger partial charge in [0.05, 0.1) is 11.7 Å². The number of likely N-dealkylation sites (tertiary alicyclic amines) is 1. The van der Waals surface area contributed by atoms with Crippen LogP contribution in [-0.2, 0) is 7.05 Å². The highest BCUT2D eigenvalue weighted by Crippen LogP contribution is 2.31. The van der Waals surface area contributed by atoms with E-state index >= 15 is 0 Å². The van der Waals surface area contributed by atoms with Crippen LogP contribution in [0, 0.1) is 5.82 Å². The second kappa shape index (κ2) is 7.13. The number of benzene rings is 1. The number of nitrogens with one attached hydrogen (secondary N) is 1. The first kappa shape index (κ1) is 16.0. The molecule has 5 heteroatoms. The molecule has 0 spiro atoms. The van der Waals surface area contributed by atoms with Crippen molar-refractivity contribution in [2.24, 2.45) is 7.05 Å². The smallest absolute Gasteiger partial charge is 0.174 e. The molecule has 1 aliphatic heterocycles. The first-order valence-corrected chi connectivity index (χ1v) is 8.51. The van der Waals surface area contributed by atoms with Crippen LogP contribution in [0.5, 0.6) is 0 Å². The van der Waals surface area contributed by atoms with E-state index in [4.69, 9.17) is 12.2 Å². The summed E-state index contributed by atoms with van der Waals surface area (Å²) >= 11 is 5.61. The molecule has 1 fully saturated rings. The van der Waals surface area contributed by atoms with Gasteiger partial charge in [0.25, 0.3) is 0 Å². The van der Waals surface area contributed by atoms with Crippen molar-refractivity contribution in [3.8, 4) is 0 Å². The lowest BCUT2D eigenvalue weighted by atomic mass is 10.1. The van der Waals surface area contributed by atoms with Crippen LogP contribution < -0.4 is 5.32 Å². The Morgan fingerprint density at radius 2 is 2.00 bits per heavy atom. The molecule has 2 aromatic rings. The van der Waals surface area contributed by atoms with Crippen LogP contribution >= 0.6 is 12.2 Å². The van der Waals surface area contributed by atoms with Gasteiger partial charge in [0.1, 0.15) is 5.82 Å². The highest BCUT2D eigenvalue weighted by molar-refractivity contribution is 7.80. The number of rotatable bonds is 2. The SMILES string of the molecule is Cn1cccc1[C@@H]1CCCCCN1C(=S)Nc1ccccc1F. The van der Waals surface area contributed by atoms with Crippen molar-refractivity contribution in [3.63, 3.8) is 0 Å². The summed E-state index contributed by atoms with van der Waals surface area (Å²) in [5.41, 5.74) is 1.69. The van der Waals surface area contributed by atoms with Crippen molar-refractivity contribution >= 4 is 23.0 Å². The Bertz CT molecular complexity index is 682. The summed E-state index contributed by atoms with van der Waals surface area (Å²) < 4.78 is 16.0. The molecule has 23 heavy (non-hydrogen) atoms. The van der Waals surface area contributed by atoms with E-state index < -0.39 is 0 Å². The van der Waals surface area contributed by atoms with E-state index in [1.807, 2.05) is 6.07 Å². The Labute approximate surface area is 142 Å². The number of halogens is 1. The molecule has 1 aliphatic rings. The minimum Gasteiger partial charge on any atom is -0.353 e. The molecule has 0 bridgehead atoms. The fraction of sp³-hybridized carbons (Fsp3) is 0.389. The van der Waals surface area contributed by atoms with Gasteiger partial charge in [0, 0.05) is 25.5 Å². The third kappa shape index (κ3) is 3.55. The average molecular weight is 331 g/mol. The number of aromatic nitrogens is 1. The molecule has 0 amide bonds. The van der Waals surface area contributed by atoms with Gasteiger partial charge in [-0.3, -0.25) is 0 Å². The molecule has 3 rings (SSSR count). The topological polar surface area (TPSA) is 20.2 Å². The molecular formula is C18H22FN3S. The Morgan fingerprint density at radius 3 is 2.74 bits per heavy atom. The van der Waals surface area contributed by atoms with Gasteiger partial charge in [0.2, 0.25) is 0 Å². The second-order valence-corrected chi connectivity index (χ2v) is 6.40. The van der Waals surface area contributed by atoms with Crippen LogP contribution in [0.4, 0.5) is 10.1 Å². The second-order valence-electron chi connectivity index (χ2n) is 6.01. The molecule has 0 saturated carbocycles. The predicted octanol–water partition coefficient (Wildman–Crippen LogP) is 4.48. The normalized spacial score (nSPS) is 18.5. The molecule has 1 aromatic heterocycles. The molecule has 1 aromatic carbocycles. The molecule has 1 atom stereocenters. The van der Waals surface area contributed by atoms with Crippen LogP contribution in [0.1, 0.15) is 37.4 Å². The van der Waals surface area contributed by atoms with Crippen molar-refractivity contribution < 1.29 is 4.39 Å². The Hall–Kier alpha value is -1.88. The van der Waals surface area contributed by atoms with E-state index in [-0.39, 0.29) is 11.9 Å². The number of hydrogen-bond acceptors (Lipinski definition) is 1. The molecule has 2 heterocycles. The van der Waals surface area contributed by atoms with Crippen LogP contribution in [0.3, 0.4) is 0 Å². The number of nitrogens with zero attached hydrogens (tertiary/aromatic N) is 2. The van der Waals surface area contributed by atoms with Crippen LogP contribution in [-0.4, -0.2) is 21.1 Å². The summed E-state index contributed by atoms with van der Waals surface area (Å²) in [5, 5.41) is 3.69. The van der Waals surface area contributed by atoms with Crippen molar-refractivity contribution in [2.45, 2.75) is 31.7 Å². The highest BCUT2D eigenvalue weighted by atomic mass is 32.1. The predicted molar refractivity (Wildman–Crippen MR) is 95.9 cm³/mol. The number of para-hydroxylation sites is 1. The maximum atomic E-state index is 13.9. The summed E-state index contributed by atoms with van der Waals surface area (Å²) in [6, 6.07) is 11.1. The minimum absolute atomic E-state index is 0.240. The van der Waals surface area contributed by atoms with Crippen molar-refractivity contribution in [3.05, 3.63) is 54.1 Å². The average Bonchev–Trinajstić information content (AvgIpc) is 2.82. The van der Waals surface area contributed by atoms with E-state index in [1.165, 1.54) is 24.6 Å². The van der Waals surface area contributed by atoms with E-state index in [0.29, 0.717) is 10.8 Å².